The molecule has 0 bridgehead atoms. The highest BCUT2D eigenvalue weighted by molar-refractivity contribution is 7.99. The van der Waals surface area contributed by atoms with Crippen LogP contribution in [-0.4, -0.2) is 62.3 Å². The summed E-state index contributed by atoms with van der Waals surface area (Å²) in [6.07, 6.45) is 3.50. The minimum atomic E-state index is 0.169. The lowest BCUT2D eigenvalue weighted by molar-refractivity contribution is -0.128. The van der Waals surface area contributed by atoms with E-state index in [9.17, 15) is 4.79 Å². The first-order chi connectivity index (χ1) is 13.0. The summed E-state index contributed by atoms with van der Waals surface area (Å²) in [4.78, 5) is 30.0. The topological polar surface area (TPSA) is 67.2 Å². The summed E-state index contributed by atoms with van der Waals surface area (Å²) in [6, 6.07) is 1.81. The van der Waals surface area contributed by atoms with E-state index in [-0.39, 0.29) is 5.91 Å². The molecule has 8 heteroatoms. The number of carbonyl (C=O) groups excluding carboxylic acids is 1. The predicted octanol–water partition coefficient (Wildman–Crippen LogP) is 2.39. The highest BCUT2D eigenvalue weighted by Gasteiger charge is 2.23. The summed E-state index contributed by atoms with van der Waals surface area (Å²) >= 11 is 1.55. The van der Waals surface area contributed by atoms with Gasteiger partial charge in [0.25, 0.3) is 0 Å². The molecule has 1 aliphatic rings. The molecule has 3 rings (SSSR count). The maximum absolute atomic E-state index is 12.7. The summed E-state index contributed by atoms with van der Waals surface area (Å²) in [5.74, 6) is 1.87. The first-order valence-electron chi connectivity index (χ1n) is 9.42. The maximum Gasteiger partial charge on any atom is 0.233 e. The number of carbonyl (C=O) groups is 1. The van der Waals surface area contributed by atoms with Gasteiger partial charge in [-0.25, -0.2) is 15.0 Å². The second-order valence-corrected chi connectivity index (χ2v) is 8.22. The summed E-state index contributed by atoms with van der Waals surface area (Å²) in [5.41, 5.74) is 2.23. The van der Waals surface area contributed by atoms with Crippen LogP contribution in [0.3, 0.4) is 0 Å². The molecule has 0 spiro atoms. The minimum absolute atomic E-state index is 0.169. The molecule has 0 saturated carbocycles. The molecule has 1 fully saturated rings. The van der Waals surface area contributed by atoms with E-state index in [0.29, 0.717) is 24.8 Å². The highest BCUT2D eigenvalue weighted by atomic mass is 32.2. The molecular formula is C19H28N6OS. The van der Waals surface area contributed by atoms with Crippen LogP contribution in [0.25, 0.3) is 0 Å². The maximum atomic E-state index is 12.7. The monoisotopic (exact) mass is 388 g/mol. The Balaban J connectivity index is 1.54. The summed E-state index contributed by atoms with van der Waals surface area (Å²) in [6.45, 7) is 12.4. The zero-order valence-electron chi connectivity index (χ0n) is 16.6. The Morgan fingerprint density at radius 3 is 2.44 bits per heavy atom. The zero-order chi connectivity index (χ0) is 19.4. The molecule has 1 saturated heterocycles. The van der Waals surface area contributed by atoms with Gasteiger partial charge in [-0.3, -0.25) is 4.79 Å². The van der Waals surface area contributed by atoms with Crippen molar-refractivity contribution in [2.24, 2.45) is 5.92 Å². The van der Waals surface area contributed by atoms with Gasteiger partial charge in [-0.05, 0) is 25.8 Å². The second-order valence-electron chi connectivity index (χ2n) is 7.27. The zero-order valence-corrected chi connectivity index (χ0v) is 17.4. The van der Waals surface area contributed by atoms with Crippen LogP contribution in [0.15, 0.2) is 23.6 Å². The Morgan fingerprint density at radius 1 is 1.15 bits per heavy atom. The van der Waals surface area contributed by atoms with Crippen molar-refractivity contribution in [1.82, 2.24) is 24.4 Å². The number of amides is 1. The molecule has 7 nitrogen and oxygen atoms in total. The first-order valence-corrected chi connectivity index (χ1v) is 10.4. The van der Waals surface area contributed by atoms with E-state index in [4.69, 9.17) is 0 Å². The Morgan fingerprint density at radius 2 is 1.81 bits per heavy atom. The van der Waals surface area contributed by atoms with Crippen LogP contribution in [0.1, 0.15) is 25.2 Å². The molecule has 27 heavy (non-hydrogen) atoms. The summed E-state index contributed by atoms with van der Waals surface area (Å²) < 4.78 is 2.24. The summed E-state index contributed by atoms with van der Waals surface area (Å²) in [5, 5.41) is 0.948. The van der Waals surface area contributed by atoms with Gasteiger partial charge in [0, 0.05) is 50.8 Å². The molecule has 2 aromatic heterocycles. The number of rotatable bonds is 6. The van der Waals surface area contributed by atoms with Crippen molar-refractivity contribution >= 4 is 23.6 Å². The van der Waals surface area contributed by atoms with Gasteiger partial charge in [-0.1, -0.05) is 25.6 Å². The quantitative estimate of drug-likeness (QED) is 0.708. The van der Waals surface area contributed by atoms with Crippen LogP contribution >= 0.6 is 11.8 Å². The molecule has 0 N–H and O–H groups in total. The molecule has 2 aromatic rings. The van der Waals surface area contributed by atoms with Crippen molar-refractivity contribution < 1.29 is 4.79 Å². The van der Waals surface area contributed by atoms with Gasteiger partial charge in [0.1, 0.15) is 0 Å². The largest absolute Gasteiger partial charge is 0.338 e. The Labute approximate surface area is 165 Å². The van der Waals surface area contributed by atoms with E-state index in [1.54, 1.807) is 24.2 Å². The third-order valence-electron chi connectivity index (χ3n) is 4.76. The van der Waals surface area contributed by atoms with Crippen LogP contribution in [0.5, 0.6) is 0 Å². The van der Waals surface area contributed by atoms with Crippen molar-refractivity contribution in [2.45, 2.75) is 39.4 Å². The molecule has 0 radical (unpaired) electrons. The Kier molecular flexibility index (Phi) is 6.36. The molecule has 1 aliphatic heterocycles. The van der Waals surface area contributed by atoms with Gasteiger partial charge in [0.05, 0.1) is 11.4 Å². The number of hydrogen-bond acceptors (Lipinski definition) is 6. The van der Waals surface area contributed by atoms with Crippen LogP contribution in [0.2, 0.25) is 0 Å². The van der Waals surface area contributed by atoms with Crippen LogP contribution in [-0.2, 0) is 11.3 Å². The Bertz CT molecular complexity index is 768. The average molecular weight is 389 g/mol. The van der Waals surface area contributed by atoms with Gasteiger partial charge < -0.3 is 14.4 Å². The van der Waals surface area contributed by atoms with Crippen molar-refractivity contribution in [3.63, 3.8) is 0 Å². The van der Waals surface area contributed by atoms with Crippen molar-refractivity contribution in [2.75, 3.05) is 36.8 Å². The van der Waals surface area contributed by atoms with E-state index < -0.39 is 0 Å². The summed E-state index contributed by atoms with van der Waals surface area (Å²) in [7, 11) is 0. The number of hydrogen-bond donors (Lipinski definition) is 0. The number of imidazole rings is 1. The molecular weight excluding hydrogens is 360 g/mol. The Hall–Kier alpha value is -2.09. The molecule has 0 unspecified atom stereocenters. The molecule has 0 aromatic carbocycles. The second kappa shape index (κ2) is 8.73. The van der Waals surface area contributed by atoms with Gasteiger partial charge in [0.15, 0.2) is 5.16 Å². The number of piperazine rings is 1. The van der Waals surface area contributed by atoms with Gasteiger partial charge in [-0.15, -0.1) is 0 Å². The fourth-order valence-electron chi connectivity index (χ4n) is 3.14. The van der Waals surface area contributed by atoms with E-state index >= 15 is 0 Å². The van der Waals surface area contributed by atoms with Crippen molar-refractivity contribution in [1.29, 1.82) is 0 Å². The van der Waals surface area contributed by atoms with E-state index in [0.717, 1.165) is 36.4 Å². The number of aromatic nitrogens is 4. The van der Waals surface area contributed by atoms with E-state index in [1.165, 1.54) is 5.69 Å². The fraction of sp³-hybridized carbons (Fsp3) is 0.579. The average Bonchev–Trinajstić information content (AvgIpc) is 2.94. The van der Waals surface area contributed by atoms with Crippen molar-refractivity contribution in [3.8, 4) is 0 Å². The van der Waals surface area contributed by atoms with Gasteiger partial charge in [-0.2, -0.15) is 0 Å². The predicted molar refractivity (Wildman–Crippen MR) is 108 cm³/mol. The lowest BCUT2D eigenvalue weighted by Crippen LogP contribution is -2.49. The van der Waals surface area contributed by atoms with E-state index in [2.05, 4.69) is 45.2 Å². The van der Waals surface area contributed by atoms with Gasteiger partial charge >= 0.3 is 0 Å². The molecule has 0 aliphatic carbocycles. The van der Waals surface area contributed by atoms with Gasteiger partial charge in [0.2, 0.25) is 11.9 Å². The fourth-order valence-corrected chi connectivity index (χ4v) is 4.15. The van der Waals surface area contributed by atoms with Crippen LogP contribution < -0.4 is 4.90 Å². The van der Waals surface area contributed by atoms with E-state index in [1.807, 2.05) is 17.9 Å². The highest BCUT2D eigenvalue weighted by Crippen LogP contribution is 2.23. The minimum Gasteiger partial charge on any atom is -0.338 e. The molecule has 3 heterocycles. The van der Waals surface area contributed by atoms with Crippen molar-refractivity contribution in [3.05, 3.63) is 29.8 Å². The molecule has 146 valence electrons. The standard InChI is InChI=1S/C19H28N6OS/c1-14(2)12-25-16(4)15(3)22-19(25)27-13-17(26)23-8-10-24(11-9-23)18-20-6-5-7-21-18/h5-7,14H,8-13H2,1-4H3. The number of aryl methyl sites for hydroxylation is 1. The molecule has 0 atom stereocenters. The third-order valence-corrected chi connectivity index (χ3v) is 5.72. The van der Waals surface area contributed by atoms with Crippen LogP contribution in [0.4, 0.5) is 5.95 Å². The smallest absolute Gasteiger partial charge is 0.233 e. The SMILES string of the molecule is Cc1nc(SCC(=O)N2CCN(c3ncccn3)CC2)n(CC(C)C)c1C. The molecule has 1 amide bonds. The third kappa shape index (κ3) is 4.80. The first kappa shape index (κ1) is 19.7. The number of nitrogens with zero attached hydrogens (tertiary/aromatic N) is 6. The lowest BCUT2D eigenvalue weighted by atomic mass is 10.2. The lowest BCUT2D eigenvalue weighted by Gasteiger charge is -2.34. The number of thioether (sulfide) groups is 1. The normalized spacial score (nSPS) is 14.9. The number of anilines is 1. The van der Waals surface area contributed by atoms with Crippen LogP contribution in [0, 0.1) is 19.8 Å².